The van der Waals surface area contributed by atoms with Crippen LogP contribution in [0.4, 0.5) is 5.69 Å². The van der Waals surface area contributed by atoms with Gasteiger partial charge < -0.3 is 5.11 Å². The Morgan fingerprint density at radius 1 is 1.15 bits per heavy atom. The van der Waals surface area contributed by atoms with Crippen LogP contribution in [0.15, 0.2) is 46.0 Å². The molecule has 0 spiro atoms. The number of hydrogen-bond acceptors (Lipinski definition) is 7. The summed E-state index contributed by atoms with van der Waals surface area (Å²) in [6.45, 7) is 0. The van der Waals surface area contributed by atoms with Gasteiger partial charge in [-0.3, -0.25) is 24.9 Å². The van der Waals surface area contributed by atoms with Gasteiger partial charge in [0.2, 0.25) is 5.75 Å². The smallest absolute Gasteiger partial charge is 0.312 e. The number of hydrogen-bond donors (Lipinski definition) is 4. The van der Waals surface area contributed by atoms with Crippen LogP contribution in [0.3, 0.4) is 0 Å². The third-order valence-corrected chi connectivity index (χ3v) is 3.62. The molecule has 26 heavy (non-hydrogen) atoms. The van der Waals surface area contributed by atoms with Crippen LogP contribution in [-0.4, -0.2) is 33.3 Å². The van der Waals surface area contributed by atoms with E-state index in [1.165, 1.54) is 35.8 Å². The van der Waals surface area contributed by atoms with Crippen molar-refractivity contribution in [1.29, 1.82) is 0 Å². The molecule has 0 aromatic heterocycles. The lowest BCUT2D eigenvalue weighted by Gasteiger charge is -2.03. The van der Waals surface area contributed by atoms with Crippen LogP contribution in [0.25, 0.3) is 0 Å². The van der Waals surface area contributed by atoms with Crippen LogP contribution in [0, 0.1) is 10.1 Å². The Morgan fingerprint density at radius 3 is 2.27 bits per heavy atom. The Balaban J connectivity index is 2.12. The number of carbonyl (C=O) groups is 2. The van der Waals surface area contributed by atoms with E-state index in [1.807, 2.05) is 0 Å². The molecule has 11 heteroatoms. The van der Waals surface area contributed by atoms with E-state index in [2.05, 4.69) is 26.5 Å². The van der Waals surface area contributed by atoms with Gasteiger partial charge in [-0.25, -0.2) is 10.9 Å². The largest absolute Gasteiger partial charge is 0.502 e. The summed E-state index contributed by atoms with van der Waals surface area (Å²) in [5.74, 6) is -1.92. The number of aromatic hydroxyl groups is 1. The highest BCUT2D eigenvalue weighted by molar-refractivity contribution is 9.10. The predicted octanol–water partition coefficient (Wildman–Crippen LogP) is 1.95. The number of nitro benzene ring substituents is 1. The van der Waals surface area contributed by atoms with Gasteiger partial charge in [0.05, 0.1) is 11.1 Å². The fourth-order valence-electron chi connectivity index (χ4n) is 1.91. The van der Waals surface area contributed by atoms with Gasteiger partial charge in [-0.2, -0.15) is 5.10 Å². The van der Waals surface area contributed by atoms with Gasteiger partial charge in [-0.15, -0.1) is 0 Å². The minimum Gasteiger partial charge on any atom is -0.502 e. The second-order valence-electron chi connectivity index (χ2n) is 4.84. The Kier molecular flexibility index (Phi) is 5.98. The molecule has 0 aliphatic carbocycles. The molecule has 2 rings (SSSR count). The van der Waals surface area contributed by atoms with Crippen LogP contribution in [0.1, 0.15) is 26.3 Å². The van der Waals surface area contributed by atoms with Gasteiger partial charge in [-0.1, -0.05) is 15.9 Å². The van der Waals surface area contributed by atoms with Crippen LogP contribution in [0.2, 0.25) is 0 Å². The Hall–Kier alpha value is -3.31. The van der Waals surface area contributed by atoms with Crippen LogP contribution in [0.5, 0.6) is 5.75 Å². The van der Waals surface area contributed by atoms with E-state index in [-0.39, 0.29) is 16.7 Å². The predicted molar refractivity (Wildman–Crippen MR) is 93.2 cm³/mol. The van der Waals surface area contributed by atoms with E-state index >= 15 is 0 Å². The standard InChI is InChI=1S/C15H11BrN4O6/c16-11-5-10(13(21)12(6-11)20(25)26)7-17-18-14(22)8-1-3-9(4-2-8)15(23)19-24/h1-7,21,24H,(H,18,22)(H,19,23)/b17-7+. The van der Waals surface area contributed by atoms with Gasteiger partial charge in [0, 0.05) is 27.2 Å². The van der Waals surface area contributed by atoms with Gasteiger partial charge >= 0.3 is 5.69 Å². The third kappa shape index (κ3) is 4.40. The van der Waals surface area contributed by atoms with Gasteiger partial charge in [-0.05, 0) is 30.3 Å². The lowest BCUT2D eigenvalue weighted by molar-refractivity contribution is -0.385. The number of nitrogens with one attached hydrogen (secondary N) is 2. The molecule has 2 aromatic carbocycles. The molecule has 0 bridgehead atoms. The maximum absolute atomic E-state index is 12.0. The number of halogens is 1. The molecule has 0 saturated heterocycles. The maximum atomic E-state index is 12.0. The zero-order chi connectivity index (χ0) is 19.3. The minimum absolute atomic E-state index is 0.0290. The minimum atomic E-state index is -0.750. The highest BCUT2D eigenvalue weighted by atomic mass is 79.9. The second-order valence-corrected chi connectivity index (χ2v) is 5.75. The van der Waals surface area contributed by atoms with Crippen LogP contribution >= 0.6 is 15.9 Å². The number of nitrogens with zero attached hydrogens (tertiary/aromatic N) is 2. The van der Waals surface area contributed by atoms with Crippen LogP contribution in [-0.2, 0) is 0 Å². The topological polar surface area (TPSA) is 154 Å². The van der Waals surface area contributed by atoms with E-state index in [0.717, 1.165) is 12.3 Å². The lowest BCUT2D eigenvalue weighted by atomic mass is 10.1. The van der Waals surface area contributed by atoms with Gasteiger partial charge in [0.25, 0.3) is 11.8 Å². The van der Waals surface area contributed by atoms with Crippen molar-refractivity contribution >= 4 is 39.6 Å². The number of hydroxylamine groups is 1. The van der Waals surface area contributed by atoms with E-state index in [1.54, 1.807) is 0 Å². The van der Waals surface area contributed by atoms with Crippen molar-refractivity contribution in [1.82, 2.24) is 10.9 Å². The first-order valence-corrected chi connectivity index (χ1v) is 7.67. The first-order chi connectivity index (χ1) is 12.3. The zero-order valence-electron chi connectivity index (χ0n) is 12.8. The van der Waals surface area contributed by atoms with Crippen molar-refractivity contribution in [3.8, 4) is 5.75 Å². The third-order valence-electron chi connectivity index (χ3n) is 3.16. The number of benzene rings is 2. The second kappa shape index (κ2) is 8.18. The number of hydrazone groups is 1. The molecule has 10 nitrogen and oxygen atoms in total. The first kappa shape index (κ1) is 19.0. The molecule has 0 aliphatic heterocycles. The van der Waals surface area contributed by atoms with Crippen molar-refractivity contribution in [2.24, 2.45) is 5.10 Å². The molecule has 0 atom stereocenters. The Bertz CT molecular complexity index is 898. The molecule has 0 fully saturated rings. The van der Waals surface area contributed by atoms with E-state index in [4.69, 9.17) is 5.21 Å². The van der Waals surface area contributed by atoms with Gasteiger partial charge in [0.15, 0.2) is 0 Å². The molecule has 0 saturated carbocycles. The highest BCUT2D eigenvalue weighted by Crippen LogP contribution is 2.32. The van der Waals surface area contributed by atoms with Crippen molar-refractivity contribution < 1.29 is 24.8 Å². The van der Waals surface area contributed by atoms with Gasteiger partial charge in [0.1, 0.15) is 0 Å². The zero-order valence-corrected chi connectivity index (χ0v) is 14.4. The summed E-state index contributed by atoms with van der Waals surface area (Å²) in [4.78, 5) is 33.3. The molecule has 2 amide bonds. The molecule has 0 aliphatic rings. The molecule has 0 radical (unpaired) electrons. The number of phenols is 1. The number of amides is 2. The van der Waals surface area contributed by atoms with Crippen molar-refractivity contribution in [2.45, 2.75) is 0 Å². The summed E-state index contributed by atoms with van der Waals surface area (Å²) in [6.07, 6.45) is 1.05. The van der Waals surface area contributed by atoms with E-state index in [9.17, 15) is 24.8 Å². The summed E-state index contributed by atoms with van der Waals surface area (Å²) < 4.78 is 0.354. The number of nitro groups is 1. The molecule has 2 aromatic rings. The first-order valence-electron chi connectivity index (χ1n) is 6.88. The lowest BCUT2D eigenvalue weighted by Crippen LogP contribution is -2.20. The normalized spacial score (nSPS) is 10.5. The highest BCUT2D eigenvalue weighted by Gasteiger charge is 2.17. The summed E-state index contributed by atoms with van der Waals surface area (Å²) in [5, 5.41) is 32.9. The fourth-order valence-corrected chi connectivity index (χ4v) is 2.37. The molecule has 0 unspecified atom stereocenters. The SMILES string of the molecule is O=C(NO)c1ccc(C(=O)N/N=C/c2cc(Br)cc([N+](=O)[O-])c2O)cc1. The van der Waals surface area contributed by atoms with Crippen molar-refractivity contribution in [3.63, 3.8) is 0 Å². The Morgan fingerprint density at radius 2 is 1.73 bits per heavy atom. The quantitative estimate of drug-likeness (QED) is 0.249. The molecular weight excluding hydrogens is 412 g/mol. The summed E-state index contributed by atoms with van der Waals surface area (Å²) in [6, 6.07) is 7.87. The molecular formula is C15H11BrN4O6. The fraction of sp³-hybridized carbons (Fsp3) is 0. The number of carbonyl (C=O) groups excluding carboxylic acids is 2. The molecule has 134 valence electrons. The number of phenolic OH excluding ortho intramolecular Hbond substituents is 1. The summed E-state index contributed by atoms with van der Waals surface area (Å²) in [7, 11) is 0. The summed E-state index contributed by atoms with van der Waals surface area (Å²) >= 11 is 3.08. The van der Waals surface area contributed by atoms with Crippen molar-refractivity contribution in [2.75, 3.05) is 0 Å². The average Bonchev–Trinajstić information content (AvgIpc) is 2.63. The molecule has 4 N–H and O–H groups in total. The molecule has 0 heterocycles. The average molecular weight is 423 g/mol. The monoisotopic (exact) mass is 422 g/mol. The summed E-state index contributed by atoms with van der Waals surface area (Å²) in [5.41, 5.74) is 3.51. The number of rotatable bonds is 5. The Labute approximate surface area is 154 Å². The van der Waals surface area contributed by atoms with E-state index < -0.39 is 28.2 Å². The van der Waals surface area contributed by atoms with E-state index in [0.29, 0.717) is 4.47 Å². The van der Waals surface area contributed by atoms with Crippen LogP contribution < -0.4 is 10.9 Å². The van der Waals surface area contributed by atoms with Crippen molar-refractivity contribution in [3.05, 3.63) is 67.7 Å². The maximum Gasteiger partial charge on any atom is 0.312 e.